The third-order valence-corrected chi connectivity index (χ3v) is 5.38. The molecule has 8 nitrogen and oxygen atoms in total. The standard InChI is InChI=1S/C18H28N6O2/c1-5-13(21-15-6-8-24-9-7-19-17(24)22-15)11-20-16(25)18(2)10-14(26-4)12-23(18)3/h6-9,13-14H,5,10-12H2,1-4H3,(H,20,25)(H,19,21,22). The van der Waals surface area contributed by atoms with Crippen molar-refractivity contribution < 1.29 is 9.53 Å². The fourth-order valence-corrected chi connectivity index (χ4v) is 3.39. The predicted octanol–water partition coefficient (Wildman–Crippen LogP) is 1.15. The van der Waals surface area contributed by atoms with Crippen LogP contribution in [0.25, 0.3) is 5.78 Å². The van der Waals surface area contributed by atoms with E-state index >= 15 is 0 Å². The van der Waals surface area contributed by atoms with Crippen LogP contribution in [0.2, 0.25) is 0 Å². The molecule has 0 spiro atoms. The van der Waals surface area contributed by atoms with Gasteiger partial charge in [0.1, 0.15) is 5.82 Å². The van der Waals surface area contributed by atoms with Gasteiger partial charge in [-0.05, 0) is 26.5 Å². The summed E-state index contributed by atoms with van der Waals surface area (Å²) in [6.07, 6.45) is 7.16. The minimum absolute atomic E-state index is 0.0384. The molecule has 8 heteroatoms. The molecule has 3 atom stereocenters. The van der Waals surface area contributed by atoms with Gasteiger partial charge in [-0.2, -0.15) is 4.98 Å². The second-order valence-electron chi connectivity index (χ2n) is 7.12. The molecular weight excluding hydrogens is 332 g/mol. The Balaban J connectivity index is 1.59. The molecule has 142 valence electrons. The summed E-state index contributed by atoms with van der Waals surface area (Å²) >= 11 is 0. The first-order chi connectivity index (χ1) is 12.5. The molecule has 2 aromatic heterocycles. The number of amides is 1. The lowest BCUT2D eigenvalue weighted by Crippen LogP contribution is -2.53. The second-order valence-corrected chi connectivity index (χ2v) is 7.12. The number of imidazole rings is 1. The second kappa shape index (κ2) is 7.59. The smallest absolute Gasteiger partial charge is 0.240 e. The lowest BCUT2D eigenvalue weighted by molar-refractivity contribution is -0.130. The molecule has 0 saturated carbocycles. The number of hydrogen-bond donors (Lipinski definition) is 2. The highest BCUT2D eigenvalue weighted by atomic mass is 16.5. The fourth-order valence-electron chi connectivity index (χ4n) is 3.39. The third kappa shape index (κ3) is 3.66. The number of likely N-dealkylation sites (N-methyl/N-ethyl adjacent to an activating group) is 1. The summed E-state index contributed by atoms with van der Waals surface area (Å²) in [5, 5.41) is 6.48. The van der Waals surface area contributed by atoms with Gasteiger partial charge in [0.25, 0.3) is 0 Å². The fraction of sp³-hybridized carbons (Fsp3) is 0.611. The van der Waals surface area contributed by atoms with Gasteiger partial charge in [0.05, 0.1) is 11.6 Å². The number of carbonyl (C=O) groups is 1. The maximum Gasteiger partial charge on any atom is 0.240 e. The van der Waals surface area contributed by atoms with Crippen molar-refractivity contribution in [1.29, 1.82) is 0 Å². The Morgan fingerprint density at radius 3 is 3.00 bits per heavy atom. The van der Waals surface area contributed by atoms with Crippen LogP contribution in [0, 0.1) is 0 Å². The SMILES string of the molecule is CCC(CNC(=O)C1(C)CC(OC)CN1C)Nc1ccn2ccnc2n1. The average molecular weight is 360 g/mol. The number of carbonyl (C=O) groups excluding carboxylic acids is 1. The molecule has 0 radical (unpaired) electrons. The molecule has 1 amide bonds. The number of hydrogen-bond acceptors (Lipinski definition) is 6. The Morgan fingerprint density at radius 1 is 1.50 bits per heavy atom. The number of anilines is 1. The van der Waals surface area contributed by atoms with Crippen LogP contribution in [0.4, 0.5) is 5.82 Å². The molecule has 26 heavy (non-hydrogen) atoms. The van der Waals surface area contributed by atoms with Gasteiger partial charge < -0.3 is 15.4 Å². The molecule has 1 aliphatic heterocycles. The minimum atomic E-state index is -0.536. The molecule has 3 rings (SSSR count). The maximum atomic E-state index is 12.8. The van der Waals surface area contributed by atoms with Gasteiger partial charge in [-0.15, -0.1) is 0 Å². The van der Waals surface area contributed by atoms with Crippen LogP contribution in [0.1, 0.15) is 26.7 Å². The van der Waals surface area contributed by atoms with E-state index in [-0.39, 0.29) is 18.1 Å². The summed E-state index contributed by atoms with van der Waals surface area (Å²) < 4.78 is 7.29. The normalized spacial score (nSPS) is 24.7. The van der Waals surface area contributed by atoms with Gasteiger partial charge in [0.2, 0.25) is 11.7 Å². The van der Waals surface area contributed by atoms with E-state index < -0.39 is 5.54 Å². The topological polar surface area (TPSA) is 83.8 Å². The van der Waals surface area contributed by atoms with E-state index in [4.69, 9.17) is 4.74 Å². The van der Waals surface area contributed by atoms with Gasteiger partial charge in [0.15, 0.2) is 0 Å². The largest absolute Gasteiger partial charge is 0.380 e. The highest BCUT2D eigenvalue weighted by Crippen LogP contribution is 2.29. The number of methoxy groups -OCH3 is 1. The van der Waals surface area contributed by atoms with Gasteiger partial charge in [0, 0.05) is 51.3 Å². The number of likely N-dealkylation sites (tertiary alicyclic amines) is 1. The number of fused-ring (bicyclic) bond motifs is 1. The van der Waals surface area contributed by atoms with Crippen LogP contribution >= 0.6 is 0 Å². The molecule has 0 aliphatic carbocycles. The first-order valence-corrected chi connectivity index (χ1v) is 9.05. The number of nitrogens with one attached hydrogen (secondary N) is 2. The zero-order chi connectivity index (χ0) is 18.7. The lowest BCUT2D eigenvalue weighted by atomic mass is 9.97. The average Bonchev–Trinajstić information content (AvgIpc) is 3.22. The Hall–Kier alpha value is -2.19. The Labute approximate surface area is 153 Å². The Kier molecular flexibility index (Phi) is 5.43. The maximum absolute atomic E-state index is 12.8. The summed E-state index contributed by atoms with van der Waals surface area (Å²) in [6.45, 7) is 5.37. The van der Waals surface area contributed by atoms with E-state index in [1.807, 2.05) is 36.8 Å². The molecule has 1 fully saturated rings. The third-order valence-electron chi connectivity index (χ3n) is 5.38. The summed E-state index contributed by atoms with van der Waals surface area (Å²) in [4.78, 5) is 23.5. The summed E-state index contributed by atoms with van der Waals surface area (Å²) in [5.41, 5.74) is -0.536. The molecule has 0 aromatic carbocycles. The van der Waals surface area contributed by atoms with Crippen LogP contribution in [-0.2, 0) is 9.53 Å². The quantitative estimate of drug-likeness (QED) is 0.771. The summed E-state index contributed by atoms with van der Waals surface area (Å²) in [6, 6.07) is 2.01. The monoisotopic (exact) mass is 360 g/mol. The molecule has 3 heterocycles. The van der Waals surface area contributed by atoms with Crippen LogP contribution in [-0.4, -0.2) is 70.1 Å². The van der Waals surface area contributed by atoms with Crippen LogP contribution in [0.3, 0.4) is 0 Å². The van der Waals surface area contributed by atoms with E-state index in [9.17, 15) is 4.79 Å². The predicted molar refractivity (Wildman–Crippen MR) is 100 cm³/mol. The van der Waals surface area contributed by atoms with Crippen molar-refractivity contribution >= 4 is 17.5 Å². The van der Waals surface area contributed by atoms with E-state index in [1.165, 1.54) is 0 Å². The number of ether oxygens (including phenoxy) is 1. The van der Waals surface area contributed by atoms with E-state index in [0.717, 1.165) is 18.8 Å². The highest BCUT2D eigenvalue weighted by Gasteiger charge is 2.45. The van der Waals surface area contributed by atoms with E-state index in [1.54, 1.807) is 13.3 Å². The summed E-state index contributed by atoms with van der Waals surface area (Å²) in [5.74, 6) is 1.45. The van der Waals surface area contributed by atoms with Crippen molar-refractivity contribution in [3.8, 4) is 0 Å². The van der Waals surface area contributed by atoms with Crippen molar-refractivity contribution in [2.75, 3.05) is 32.6 Å². The van der Waals surface area contributed by atoms with Crippen molar-refractivity contribution in [3.63, 3.8) is 0 Å². The molecule has 2 aromatic rings. The van der Waals surface area contributed by atoms with Crippen molar-refractivity contribution in [3.05, 3.63) is 24.7 Å². The highest BCUT2D eigenvalue weighted by molar-refractivity contribution is 5.86. The first kappa shape index (κ1) is 18.6. The zero-order valence-corrected chi connectivity index (χ0v) is 15.9. The van der Waals surface area contributed by atoms with Crippen LogP contribution in [0.15, 0.2) is 24.7 Å². The zero-order valence-electron chi connectivity index (χ0n) is 15.9. The van der Waals surface area contributed by atoms with Gasteiger partial charge in [-0.1, -0.05) is 6.92 Å². The van der Waals surface area contributed by atoms with E-state index in [0.29, 0.717) is 18.7 Å². The Morgan fingerprint density at radius 2 is 2.31 bits per heavy atom. The lowest BCUT2D eigenvalue weighted by Gasteiger charge is -2.31. The first-order valence-electron chi connectivity index (χ1n) is 9.05. The van der Waals surface area contributed by atoms with Gasteiger partial charge in [-0.3, -0.25) is 14.1 Å². The van der Waals surface area contributed by atoms with Crippen molar-refractivity contribution in [2.45, 2.75) is 44.4 Å². The Bertz CT molecular complexity index is 763. The number of aromatic nitrogens is 3. The van der Waals surface area contributed by atoms with Crippen molar-refractivity contribution in [1.82, 2.24) is 24.6 Å². The molecule has 0 bridgehead atoms. The molecule has 3 unspecified atom stereocenters. The number of rotatable bonds is 7. The summed E-state index contributed by atoms with van der Waals surface area (Å²) in [7, 11) is 3.67. The number of nitrogens with zero attached hydrogens (tertiary/aromatic N) is 4. The minimum Gasteiger partial charge on any atom is -0.380 e. The van der Waals surface area contributed by atoms with Crippen LogP contribution < -0.4 is 10.6 Å². The molecule has 1 aliphatic rings. The molecule has 1 saturated heterocycles. The molecular formula is C18H28N6O2. The van der Waals surface area contributed by atoms with Gasteiger partial charge >= 0.3 is 0 Å². The van der Waals surface area contributed by atoms with Crippen LogP contribution in [0.5, 0.6) is 0 Å². The van der Waals surface area contributed by atoms with Crippen molar-refractivity contribution in [2.24, 2.45) is 0 Å². The molecule has 2 N–H and O–H groups in total. The van der Waals surface area contributed by atoms with E-state index in [2.05, 4.69) is 32.4 Å². The van der Waals surface area contributed by atoms with Gasteiger partial charge in [-0.25, -0.2) is 4.98 Å².